The number of aromatic nitrogens is 2. The van der Waals surface area contributed by atoms with E-state index in [0.29, 0.717) is 12.5 Å². The van der Waals surface area contributed by atoms with Gasteiger partial charge in [-0.25, -0.2) is 4.98 Å². The molecular weight excluding hydrogens is 186 g/mol. The number of rotatable bonds is 3. The van der Waals surface area contributed by atoms with E-state index in [1.54, 1.807) is 0 Å². The van der Waals surface area contributed by atoms with E-state index >= 15 is 0 Å². The highest BCUT2D eigenvalue weighted by Crippen LogP contribution is 2.32. The lowest BCUT2D eigenvalue weighted by molar-refractivity contribution is 0.415. The Bertz CT molecular complexity index is 311. The standard InChI is InChI=1S/C12H21N3/c1-2-15-11(8-13)9-14-12(15)10-6-4-3-5-7-10/h9-10H,2-8,13H2,1H3. The van der Waals surface area contributed by atoms with Crippen molar-refractivity contribution >= 4 is 0 Å². The van der Waals surface area contributed by atoms with E-state index in [2.05, 4.69) is 16.5 Å². The van der Waals surface area contributed by atoms with Gasteiger partial charge in [0.15, 0.2) is 0 Å². The Hall–Kier alpha value is -0.830. The second-order valence-electron chi connectivity index (χ2n) is 4.39. The molecule has 1 saturated carbocycles. The molecule has 1 aliphatic carbocycles. The van der Waals surface area contributed by atoms with Crippen LogP contribution in [0.15, 0.2) is 6.20 Å². The minimum absolute atomic E-state index is 0.605. The van der Waals surface area contributed by atoms with Gasteiger partial charge in [0.25, 0.3) is 0 Å². The summed E-state index contributed by atoms with van der Waals surface area (Å²) in [7, 11) is 0. The summed E-state index contributed by atoms with van der Waals surface area (Å²) in [6, 6.07) is 0. The molecule has 3 nitrogen and oxygen atoms in total. The van der Waals surface area contributed by atoms with Gasteiger partial charge in [0.05, 0.1) is 5.69 Å². The summed E-state index contributed by atoms with van der Waals surface area (Å²) in [4.78, 5) is 4.56. The van der Waals surface area contributed by atoms with Gasteiger partial charge in [-0.15, -0.1) is 0 Å². The Kier molecular flexibility index (Phi) is 3.41. The van der Waals surface area contributed by atoms with Crippen LogP contribution in [0.2, 0.25) is 0 Å². The van der Waals surface area contributed by atoms with Gasteiger partial charge in [-0.1, -0.05) is 19.3 Å². The summed E-state index contributed by atoms with van der Waals surface area (Å²) >= 11 is 0. The molecule has 1 heterocycles. The molecule has 15 heavy (non-hydrogen) atoms. The summed E-state index contributed by atoms with van der Waals surface area (Å²) in [5.74, 6) is 1.96. The maximum absolute atomic E-state index is 5.71. The number of nitrogens with zero attached hydrogens (tertiary/aromatic N) is 2. The fourth-order valence-corrected chi connectivity index (χ4v) is 2.64. The Labute approximate surface area is 91.7 Å². The molecule has 2 rings (SSSR count). The lowest BCUT2D eigenvalue weighted by Gasteiger charge is -2.22. The van der Waals surface area contributed by atoms with E-state index < -0.39 is 0 Å². The molecule has 1 aromatic heterocycles. The lowest BCUT2D eigenvalue weighted by Crippen LogP contribution is -2.14. The molecule has 3 heteroatoms. The molecule has 84 valence electrons. The molecule has 1 aromatic rings. The second kappa shape index (κ2) is 4.79. The monoisotopic (exact) mass is 207 g/mol. The minimum Gasteiger partial charge on any atom is -0.331 e. The first-order valence-electron chi connectivity index (χ1n) is 6.11. The molecule has 0 spiro atoms. The lowest BCUT2D eigenvalue weighted by atomic mass is 9.88. The van der Waals surface area contributed by atoms with Crippen LogP contribution in [0.1, 0.15) is 56.5 Å². The zero-order chi connectivity index (χ0) is 10.7. The molecule has 0 radical (unpaired) electrons. The number of hydrogen-bond donors (Lipinski definition) is 1. The van der Waals surface area contributed by atoms with Crippen LogP contribution in [0.3, 0.4) is 0 Å². The number of hydrogen-bond acceptors (Lipinski definition) is 2. The van der Waals surface area contributed by atoms with Crippen molar-refractivity contribution in [3.8, 4) is 0 Å². The van der Waals surface area contributed by atoms with E-state index in [4.69, 9.17) is 5.73 Å². The molecule has 0 bridgehead atoms. The molecule has 1 aliphatic rings. The van der Waals surface area contributed by atoms with Crippen LogP contribution in [0, 0.1) is 0 Å². The van der Waals surface area contributed by atoms with Crippen LogP contribution < -0.4 is 5.73 Å². The zero-order valence-electron chi connectivity index (χ0n) is 9.58. The third-order valence-corrected chi connectivity index (χ3v) is 3.46. The molecule has 0 aromatic carbocycles. The van der Waals surface area contributed by atoms with Gasteiger partial charge in [0.1, 0.15) is 5.82 Å². The Morgan fingerprint density at radius 3 is 2.73 bits per heavy atom. The van der Waals surface area contributed by atoms with Gasteiger partial charge >= 0.3 is 0 Å². The summed E-state index contributed by atoms with van der Waals surface area (Å²) < 4.78 is 2.30. The van der Waals surface area contributed by atoms with Crippen LogP contribution in [0.4, 0.5) is 0 Å². The SMILES string of the molecule is CCn1c(CN)cnc1C1CCCCC1. The summed E-state index contributed by atoms with van der Waals surface area (Å²) in [6.07, 6.45) is 8.68. The Morgan fingerprint density at radius 2 is 2.13 bits per heavy atom. The van der Waals surface area contributed by atoms with Crippen molar-refractivity contribution in [2.75, 3.05) is 0 Å². The van der Waals surface area contributed by atoms with Crippen LogP contribution in [-0.4, -0.2) is 9.55 Å². The fraction of sp³-hybridized carbons (Fsp3) is 0.750. The smallest absolute Gasteiger partial charge is 0.112 e. The third-order valence-electron chi connectivity index (χ3n) is 3.46. The van der Waals surface area contributed by atoms with E-state index in [0.717, 1.165) is 6.54 Å². The zero-order valence-corrected chi connectivity index (χ0v) is 9.58. The summed E-state index contributed by atoms with van der Waals surface area (Å²) in [5.41, 5.74) is 6.89. The van der Waals surface area contributed by atoms with Crippen molar-refractivity contribution in [1.29, 1.82) is 0 Å². The van der Waals surface area contributed by atoms with E-state index in [9.17, 15) is 0 Å². The molecule has 2 N–H and O–H groups in total. The minimum atomic E-state index is 0.605. The fourth-order valence-electron chi connectivity index (χ4n) is 2.64. The maximum atomic E-state index is 5.71. The van der Waals surface area contributed by atoms with Gasteiger partial charge in [-0.3, -0.25) is 0 Å². The second-order valence-corrected chi connectivity index (χ2v) is 4.39. The Morgan fingerprint density at radius 1 is 1.40 bits per heavy atom. The molecular formula is C12H21N3. The van der Waals surface area contributed by atoms with Gasteiger partial charge in [0, 0.05) is 25.2 Å². The largest absolute Gasteiger partial charge is 0.331 e. The molecule has 0 aliphatic heterocycles. The van der Waals surface area contributed by atoms with Crippen molar-refractivity contribution < 1.29 is 0 Å². The van der Waals surface area contributed by atoms with Gasteiger partial charge < -0.3 is 10.3 Å². The molecule has 0 atom stereocenters. The van der Waals surface area contributed by atoms with Crippen LogP contribution >= 0.6 is 0 Å². The molecule has 0 unspecified atom stereocenters. The highest BCUT2D eigenvalue weighted by molar-refractivity contribution is 5.10. The quantitative estimate of drug-likeness (QED) is 0.827. The van der Waals surface area contributed by atoms with Crippen molar-refractivity contribution in [2.24, 2.45) is 5.73 Å². The molecule has 1 fully saturated rings. The van der Waals surface area contributed by atoms with Crippen molar-refractivity contribution in [3.05, 3.63) is 17.7 Å². The highest BCUT2D eigenvalue weighted by atomic mass is 15.1. The molecule has 0 amide bonds. The summed E-state index contributed by atoms with van der Waals surface area (Å²) in [5, 5.41) is 0. The number of imidazole rings is 1. The van der Waals surface area contributed by atoms with Crippen molar-refractivity contribution in [1.82, 2.24) is 9.55 Å². The normalized spacial score (nSPS) is 18.3. The summed E-state index contributed by atoms with van der Waals surface area (Å²) in [6.45, 7) is 3.78. The van der Waals surface area contributed by atoms with Gasteiger partial charge in [-0.2, -0.15) is 0 Å². The average molecular weight is 207 g/mol. The van der Waals surface area contributed by atoms with E-state index in [1.165, 1.54) is 43.6 Å². The third kappa shape index (κ3) is 2.07. The highest BCUT2D eigenvalue weighted by Gasteiger charge is 2.20. The Balaban J connectivity index is 2.22. The van der Waals surface area contributed by atoms with Crippen LogP contribution in [0.25, 0.3) is 0 Å². The molecule has 0 saturated heterocycles. The topological polar surface area (TPSA) is 43.8 Å². The number of nitrogens with two attached hydrogens (primary N) is 1. The first-order chi connectivity index (χ1) is 7.36. The van der Waals surface area contributed by atoms with Crippen molar-refractivity contribution in [3.63, 3.8) is 0 Å². The van der Waals surface area contributed by atoms with Gasteiger partial charge in [0.2, 0.25) is 0 Å². The van der Waals surface area contributed by atoms with Crippen LogP contribution in [0.5, 0.6) is 0 Å². The average Bonchev–Trinajstić information content (AvgIpc) is 2.72. The van der Waals surface area contributed by atoms with Gasteiger partial charge in [-0.05, 0) is 19.8 Å². The predicted octanol–water partition coefficient (Wildman–Crippen LogP) is 2.41. The van der Waals surface area contributed by atoms with E-state index in [1.807, 2.05) is 6.20 Å². The first-order valence-corrected chi connectivity index (χ1v) is 6.11. The van der Waals surface area contributed by atoms with Crippen LogP contribution in [-0.2, 0) is 13.1 Å². The predicted molar refractivity (Wildman–Crippen MR) is 61.6 cm³/mol. The van der Waals surface area contributed by atoms with E-state index in [-0.39, 0.29) is 0 Å². The van der Waals surface area contributed by atoms with Crippen molar-refractivity contribution in [2.45, 2.75) is 58.0 Å². The maximum Gasteiger partial charge on any atom is 0.112 e. The first kappa shape index (κ1) is 10.7.